The molecule has 0 aromatic carbocycles. The molecule has 0 radical (unpaired) electrons. The van der Waals surface area contributed by atoms with Gasteiger partial charge in [-0.25, -0.2) is 4.98 Å². The molecule has 2 aromatic rings. The van der Waals surface area contributed by atoms with Gasteiger partial charge in [0, 0.05) is 23.8 Å². The van der Waals surface area contributed by atoms with Crippen LogP contribution in [0.2, 0.25) is 0 Å². The van der Waals surface area contributed by atoms with Gasteiger partial charge in [0.15, 0.2) is 0 Å². The van der Waals surface area contributed by atoms with Crippen molar-refractivity contribution < 1.29 is 0 Å². The standard InChI is InChI=1S/C15H19N3S/c1-2-12-9-18-14(19-12)10-17-13-7-3-5-11-6-4-8-16-15(11)13/h4,6,8-9,13,17H,2-3,5,7,10H2,1H3. The summed E-state index contributed by atoms with van der Waals surface area (Å²) in [5.74, 6) is 0. The van der Waals surface area contributed by atoms with Gasteiger partial charge in [0.05, 0.1) is 11.7 Å². The SMILES string of the molecule is CCc1cnc(CNC2CCCc3cccnc32)s1. The lowest BCUT2D eigenvalue weighted by atomic mass is 9.92. The predicted octanol–water partition coefficient (Wildman–Crippen LogP) is 3.27. The van der Waals surface area contributed by atoms with Crippen LogP contribution < -0.4 is 5.32 Å². The molecule has 100 valence electrons. The van der Waals surface area contributed by atoms with E-state index in [-0.39, 0.29) is 0 Å². The molecule has 4 heteroatoms. The van der Waals surface area contributed by atoms with E-state index in [4.69, 9.17) is 0 Å². The van der Waals surface area contributed by atoms with Crippen LogP contribution in [-0.4, -0.2) is 9.97 Å². The van der Waals surface area contributed by atoms with Crippen molar-refractivity contribution >= 4 is 11.3 Å². The Morgan fingerprint density at radius 1 is 1.42 bits per heavy atom. The minimum atomic E-state index is 0.388. The average molecular weight is 273 g/mol. The highest BCUT2D eigenvalue weighted by atomic mass is 32.1. The number of aryl methyl sites for hydroxylation is 2. The molecule has 1 aliphatic rings. The van der Waals surface area contributed by atoms with E-state index < -0.39 is 0 Å². The molecule has 0 amide bonds. The molecule has 0 aliphatic heterocycles. The molecule has 3 nitrogen and oxygen atoms in total. The number of rotatable bonds is 4. The van der Waals surface area contributed by atoms with Gasteiger partial charge in [-0.2, -0.15) is 0 Å². The van der Waals surface area contributed by atoms with E-state index in [9.17, 15) is 0 Å². The Morgan fingerprint density at radius 2 is 2.37 bits per heavy atom. The van der Waals surface area contributed by atoms with Crippen LogP contribution >= 0.6 is 11.3 Å². The first-order valence-corrected chi connectivity index (χ1v) is 7.79. The van der Waals surface area contributed by atoms with E-state index in [1.807, 2.05) is 29.8 Å². The smallest absolute Gasteiger partial charge is 0.107 e. The van der Waals surface area contributed by atoms with E-state index in [1.54, 1.807) is 0 Å². The largest absolute Gasteiger partial charge is 0.302 e. The summed E-state index contributed by atoms with van der Waals surface area (Å²) in [6, 6.07) is 4.63. The fraction of sp³-hybridized carbons (Fsp3) is 0.467. The van der Waals surface area contributed by atoms with E-state index >= 15 is 0 Å². The van der Waals surface area contributed by atoms with Crippen LogP contribution in [0.5, 0.6) is 0 Å². The number of hydrogen-bond donors (Lipinski definition) is 1. The molecule has 2 aromatic heterocycles. The van der Waals surface area contributed by atoms with Crippen LogP contribution in [0, 0.1) is 0 Å². The van der Waals surface area contributed by atoms with Crippen LogP contribution in [0.3, 0.4) is 0 Å². The topological polar surface area (TPSA) is 37.8 Å². The number of nitrogens with zero attached hydrogens (tertiary/aromatic N) is 2. The van der Waals surface area contributed by atoms with Crippen LogP contribution in [0.25, 0.3) is 0 Å². The van der Waals surface area contributed by atoms with Crippen molar-refractivity contribution in [2.75, 3.05) is 0 Å². The minimum Gasteiger partial charge on any atom is -0.302 e. The Labute approximate surface area is 118 Å². The Bertz CT molecular complexity index is 550. The van der Waals surface area contributed by atoms with Crippen molar-refractivity contribution in [1.29, 1.82) is 0 Å². The maximum atomic E-state index is 4.55. The monoisotopic (exact) mass is 273 g/mol. The average Bonchev–Trinajstić information content (AvgIpc) is 2.93. The highest BCUT2D eigenvalue weighted by molar-refractivity contribution is 7.11. The van der Waals surface area contributed by atoms with Crippen molar-refractivity contribution in [1.82, 2.24) is 15.3 Å². The van der Waals surface area contributed by atoms with Gasteiger partial charge in [-0.05, 0) is 37.3 Å². The molecule has 0 saturated carbocycles. The van der Waals surface area contributed by atoms with Crippen molar-refractivity contribution in [3.63, 3.8) is 0 Å². The first-order valence-electron chi connectivity index (χ1n) is 6.97. The summed E-state index contributed by atoms with van der Waals surface area (Å²) in [5, 5.41) is 4.80. The molecular formula is C15H19N3S. The van der Waals surface area contributed by atoms with Gasteiger partial charge in [-0.15, -0.1) is 11.3 Å². The summed E-state index contributed by atoms with van der Waals surface area (Å²) in [6.07, 6.45) is 8.56. The third-order valence-corrected chi connectivity index (χ3v) is 4.79. The highest BCUT2D eigenvalue weighted by Gasteiger charge is 2.20. The number of thiazole rings is 1. The summed E-state index contributed by atoms with van der Waals surface area (Å²) >= 11 is 1.81. The van der Waals surface area contributed by atoms with E-state index in [0.29, 0.717) is 6.04 Å². The third-order valence-electron chi connectivity index (χ3n) is 3.64. The van der Waals surface area contributed by atoms with E-state index in [2.05, 4.69) is 28.3 Å². The Balaban J connectivity index is 1.68. The van der Waals surface area contributed by atoms with Gasteiger partial charge in [0.2, 0.25) is 0 Å². The first kappa shape index (κ1) is 12.8. The van der Waals surface area contributed by atoms with E-state index in [1.165, 1.54) is 40.4 Å². The molecule has 1 atom stereocenters. The second-order valence-corrected chi connectivity index (χ2v) is 6.15. The van der Waals surface area contributed by atoms with Gasteiger partial charge < -0.3 is 5.32 Å². The van der Waals surface area contributed by atoms with Crippen LogP contribution in [-0.2, 0) is 19.4 Å². The summed E-state index contributed by atoms with van der Waals surface area (Å²) < 4.78 is 0. The second kappa shape index (κ2) is 5.80. The van der Waals surface area contributed by atoms with Crippen molar-refractivity contribution in [3.8, 4) is 0 Å². The van der Waals surface area contributed by atoms with Gasteiger partial charge in [-0.3, -0.25) is 4.98 Å². The molecule has 2 heterocycles. The zero-order chi connectivity index (χ0) is 13.1. The molecule has 1 unspecified atom stereocenters. The van der Waals surface area contributed by atoms with Gasteiger partial charge in [-0.1, -0.05) is 13.0 Å². The molecule has 19 heavy (non-hydrogen) atoms. The van der Waals surface area contributed by atoms with E-state index in [0.717, 1.165) is 13.0 Å². The fourth-order valence-electron chi connectivity index (χ4n) is 2.61. The number of fused-ring (bicyclic) bond motifs is 1. The summed E-state index contributed by atoms with van der Waals surface area (Å²) in [5.41, 5.74) is 2.64. The molecule has 3 rings (SSSR count). The lowest BCUT2D eigenvalue weighted by molar-refractivity contribution is 0.447. The maximum Gasteiger partial charge on any atom is 0.107 e. The Morgan fingerprint density at radius 3 is 3.21 bits per heavy atom. The number of hydrogen-bond acceptors (Lipinski definition) is 4. The minimum absolute atomic E-state index is 0.388. The van der Waals surface area contributed by atoms with Crippen molar-refractivity contribution in [3.05, 3.63) is 45.7 Å². The van der Waals surface area contributed by atoms with Crippen molar-refractivity contribution in [2.24, 2.45) is 0 Å². The maximum absolute atomic E-state index is 4.55. The normalized spacial score (nSPS) is 18.3. The van der Waals surface area contributed by atoms with Gasteiger partial charge in [0.1, 0.15) is 5.01 Å². The lowest BCUT2D eigenvalue weighted by Gasteiger charge is -2.24. The zero-order valence-corrected chi connectivity index (χ0v) is 12.0. The van der Waals surface area contributed by atoms with Crippen LogP contribution in [0.15, 0.2) is 24.5 Å². The second-order valence-electron chi connectivity index (χ2n) is 4.95. The predicted molar refractivity (Wildman–Crippen MR) is 78.2 cm³/mol. The zero-order valence-electron chi connectivity index (χ0n) is 11.2. The molecule has 0 saturated heterocycles. The number of aromatic nitrogens is 2. The van der Waals surface area contributed by atoms with Crippen LogP contribution in [0.1, 0.15) is 46.9 Å². The third kappa shape index (κ3) is 2.85. The quantitative estimate of drug-likeness (QED) is 0.929. The summed E-state index contributed by atoms with van der Waals surface area (Å²) in [7, 11) is 0. The molecule has 0 bridgehead atoms. The molecule has 1 aliphatic carbocycles. The van der Waals surface area contributed by atoms with Crippen LogP contribution in [0.4, 0.5) is 0 Å². The summed E-state index contributed by atoms with van der Waals surface area (Å²) in [4.78, 5) is 10.4. The first-order chi connectivity index (χ1) is 9.36. The molecule has 0 fully saturated rings. The number of nitrogens with one attached hydrogen (secondary N) is 1. The summed E-state index contributed by atoms with van der Waals surface area (Å²) in [6.45, 7) is 3.03. The Kier molecular flexibility index (Phi) is 3.89. The molecule has 0 spiro atoms. The fourth-order valence-corrected chi connectivity index (χ4v) is 3.43. The van der Waals surface area contributed by atoms with Gasteiger partial charge in [0.25, 0.3) is 0 Å². The Hall–Kier alpha value is -1.26. The van der Waals surface area contributed by atoms with Gasteiger partial charge >= 0.3 is 0 Å². The molecule has 1 N–H and O–H groups in total. The molecular weight excluding hydrogens is 254 g/mol. The number of pyridine rings is 1. The highest BCUT2D eigenvalue weighted by Crippen LogP contribution is 2.28. The lowest BCUT2D eigenvalue weighted by Crippen LogP contribution is -2.25. The van der Waals surface area contributed by atoms with Crippen molar-refractivity contribution in [2.45, 2.75) is 45.2 Å².